The summed E-state index contributed by atoms with van der Waals surface area (Å²) >= 11 is 0. The third-order valence-corrected chi connectivity index (χ3v) is 6.05. The topological polar surface area (TPSA) is 35.9 Å². The van der Waals surface area contributed by atoms with Crippen LogP contribution in [0, 0.1) is 11.3 Å². The van der Waals surface area contributed by atoms with Gasteiger partial charge in [-0.1, -0.05) is 51.1 Å². The van der Waals surface area contributed by atoms with Gasteiger partial charge in [0, 0.05) is 39.3 Å². The first kappa shape index (κ1) is 20.8. The van der Waals surface area contributed by atoms with Crippen LogP contribution in [-0.2, 0) is 11.3 Å². The van der Waals surface area contributed by atoms with Crippen molar-refractivity contribution >= 4 is 0 Å². The van der Waals surface area contributed by atoms with E-state index in [2.05, 4.69) is 60.9 Å². The number of hydrogen-bond acceptors (Lipinski definition) is 4. The molecule has 4 nitrogen and oxygen atoms in total. The molecule has 0 unspecified atom stereocenters. The smallest absolute Gasteiger partial charge is 0.0900 e. The molecule has 0 spiro atoms. The van der Waals surface area contributed by atoms with Crippen molar-refractivity contribution in [3.8, 4) is 0 Å². The average Bonchev–Trinajstić information content (AvgIpc) is 2.61. The summed E-state index contributed by atoms with van der Waals surface area (Å²) in [5.41, 5.74) is 1.74. The van der Waals surface area contributed by atoms with Gasteiger partial charge in [-0.3, -0.25) is 9.80 Å². The Bertz CT molecular complexity index is 555. The second-order valence-corrected chi connectivity index (χ2v) is 9.58. The van der Waals surface area contributed by atoms with Gasteiger partial charge in [-0.05, 0) is 36.2 Å². The molecule has 3 atom stereocenters. The quantitative estimate of drug-likeness (QED) is 0.794. The third-order valence-electron chi connectivity index (χ3n) is 6.05. The third kappa shape index (κ3) is 6.86. The Labute approximate surface area is 165 Å². The minimum atomic E-state index is -0.383. The summed E-state index contributed by atoms with van der Waals surface area (Å²) in [5.74, 6) is 0.716. The van der Waals surface area contributed by atoms with Gasteiger partial charge in [-0.15, -0.1) is 0 Å². The van der Waals surface area contributed by atoms with Crippen molar-refractivity contribution in [3.05, 3.63) is 35.9 Å². The van der Waals surface area contributed by atoms with Crippen molar-refractivity contribution in [2.45, 2.75) is 58.8 Å². The molecule has 1 aliphatic heterocycles. The van der Waals surface area contributed by atoms with Crippen LogP contribution in [0.4, 0.5) is 0 Å². The van der Waals surface area contributed by atoms with E-state index < -0.39 is 0 Å². The Kier molecular flexibility index (Phi) is 7.32. The first-order chi connectivity index (χ1) is 12.9. The molecule has 152 valence electrons. The van der Waals surface area contributed by atoms with Crippen LogP contribution in [0.2, 0.25) is 0 Å². The van der Waals surface area contributed by atoms with E-state index in [4.69, 9.17) is 4.74 Å². The summed E-state index contributed by atoms with van der Waals surface area (Å²) in [6, 6.07) is 10.7. The number of benzene rings is 1. The Balaban J connectivity index is 1.34. The lowest BCUT2D eigenvalue weighted by atomic mass is 9.71. The number of aliphatic hydroxyl groups is 1. The average molecular weight is 375 g/mol. The number of rotatable bonds is 7. The van der Waals surface area contributed by atoms with Crippen molar-refractivity contribution in [3.63, 3.8) is 0 Å². The van der Waals surface area contributed by atoms with Crippen molar-refractivity contribution in [1.29, 1.82) is 0 Å². The van der Waals surface area contributed by atoms with Crippen LogP contribution in [0.3, 0.4) is 0 Å². The van der Waals surface area contributed by atoms with Crippen LogP contribution in [-0.4, -0.2) is 66.4 Å². The number of hydrogen-bond donors (Lipinski definition) is 1. The Hall–Kier alpha value is -0.940. The summed E-state index contributed by atoms with van der Waals surface area (Å²) in [6.45, 7) is 13.4. The van der Waals surface area contributed by atoms with Crippen LogP contribution in [0.25, 0.3) is 0 Å². The zero-order chi connectivity index (χ0) is 19.3. The number of aliphatic hydroxyl groups excluding tert-OH is 1. The summed E-state index contributed by atoms with van der Waals surface area (Å²) in [7, 11) is 0. The summed E-state index contributed by atoms with van der Waals surface area (Å²) in [4.78, 5) is 4.88. The summed E-state index contributed by atoms with van der Waals surface area (Å²) in [5, 5.41) is 10.4. The van der Waals surface area contributed by atoms with E-state index in [1.807, 2.05) is 0 Å². The maximum Gasteiger partial charge on any atom is 0.0900 e. The maximum atomic E-state index is 10.4. The molecule has 2 fully saturated rings. The van der Waals surface area contributed by atoms with Crippen LogP contribution >= 0.6 is 0 Å². The minimum Gasteiger partial charge on any atom is -0.389 e. The molecule has 0 aromatic heterocycles. The summed E-state index contributed by atoms with van der Waals surface area (Å²) < 4.78 is 6.11. The molecule has 1 heterocycles. The molecule has 1 aromatic rings. The van der Waals surface area contributed by atoms with Crippen LogP contribution in [0.1, 0.15) is 45.6 Å². The van der Waals surface area contributed by atoms with Crippen molar-refractivity contribution in [1.82, 2.24) is 9.80 Å². The number of piperazine rings is 1. The van der Waals surface area contributed by atoms with Gasteiger partial charge >= 0.3 is 0 Å². The van der Waals surface area contributed by atoms with Gasteiger partial charge < -0.3 is 9.84 Å². The molecule has 1 aliphatic carbocycles. The van der Waals surface area contributed by atoms with Crippen LogP contribution < -0.4 is 0 Å². The molecule has 0 bridgehead atoms. The molecule has 2 aliphatic rings. The molecule has 1 saturated heterocycles. The molecular formula is C23H38N2O2. The lowest BCUT2D eigenvalue weighted by Crippen LogP contribution is -2.48. The van der Waals surface area contributed by atoms with Crippen molar-refractivity contribution < 1.29 is 9.84 Å². The van der Waals surface area contributed by atoms with Crippen LogP contribution in [0.15, 0.2) is 30.3 Å². The Morgan fingerprint density at radius 2 is 1.74 bits per heavy atom. The van der Waals surface area contributed by atoms with E-state index in [-0.39, 0.29) is 6.10 Å². The standard InChI is InChI=1S/C23H38N2O2/c1-19-13-22(15-23(2,3)14-19)27-18-21(26)17-25-11-9-24(10-12-25)16-20-7-5-4-6-8-20/h4-8,19,21-22,26H,9-18H2,1-3H3/t19-,21-,22-/m1/s1. The highest BCUT2D eigenvalue weighted by molar-refractivity contribution is 5.14. The molecule has 3 rings (SSSR count). The fourth-order valence-electron chi connectivity index (χ4n) is 4.95. The molecule has 4 heteroatoms. The lowest BCUT2D eigenvalue weighted by Gasteiger charge is -2.39. The molecule has 0 amide bonds. The normalized spacial score (nSPS) is 28.1. The van der Waals surface area contributed by atoms with Gasteiger partial charge in [0.1, 0.15) is 0 Å². The molecule has 27 heavy (non-hydrogen) atoms. The van der Waals surface area contributed by atoms with Gasteiger partial charge in [0.25, 0.3) is 0 Å². The van der Waals surface area contributed by atoms with Crippen molar-refractivity contribution in [2.24, 2.45) is 11.3 Å². The highest BCUT2D eigenvalue weighted by atomic mass is 16.5. The molecule has 1 saturated carbocycles. The number of nitrogens with zero attached hydrogens (tertiary/aromatic N) is 2. The van der Waals surface area contributed by atoms with E-state index in [9.17, 15) is 5.11 Å². The molecular weight excluding hydrogens is 336 g/mol. The van der Waals surface area contributed by atoms with Gasteiger partial charge in [0.2, 0.25) is 0 Å². The first-order valence-corrected chi connectivity index (χ1v) is 10.7. The monoisotopic (exact) mass is 374 g/mol. The van der Waals surface area contributed by atoms with E-state index in [1.54, 1.807) is 0 Å². The van der Waals surface area contributed by atoms with E-state index in [0.29, 0.717) is 24.0 Å². The van der Waals surface area contributed by atoms with Gasteiger partial charge in [0.05, 0.1) is 18.8 Å². The fourth-order valence-corrected chi connectivity index (χ4v) is 4.95. The molecule has 0 radical (unpaired) electrons. The SMILES string of the molecule is C[C@@H]1C[C@@H](OC[C@H](O)CN2CCN(Cc3ccccc3)CC2)CC(C)(C)C1. The van der Waals surface area contributed by atoms with Crippen LogP contribution in [0.5, 0.6) is 0 Å². The van der Waals surface area contributed by atoms with Gasteiger partial charge in [0.15, 0.2) is 0 Å². The second-order valence-electron chi connectivity index (χ2n) is 9.58. The minimum absolute atomic E-state index is 0.307. The highest BCUT2D eigenvalue weighted by Gasteiger charge is 2.32. The maximum absolute atomic E-state index is 10.4. The van der Waals surface area contributed by atoms with E-state index in [0.717, 1.165) is 52.1 Å². The number of β-amino-alcohol motifs (C(OH)–C–C–N with tert-alkyl or cyclic N) is 1. The van der Waals surface area contributed by atoms with Gasteiger partial charge in [-0.25, -0.2) is 0 Å². The Morgan fingerprint density at radius 3 is 2.41 bits per heavy atom. The predicted octanol–water partition coefficient (Wildman–Crippen LogP) is 3.40. The predicted molar refractivity (Wildman–Crippen MR) is 111 cm³/mol. The van der Waals surface area contributed by atoms with Crippen molar-refractivity contribution in [2.75, 3.05) is 39.3 Å². The first-order valence-electron chi connectivity index (χ1n) is 10.7. The zero-order valence-electron chi connectivity index (χ0n) is 17.4. The summed E-state index contributed by atoms with van der Waals surface area (Å²) in [6.07, 6.45) is 3.45. The van der Waals surface area contributed by atoms with E-state index >= 15 is 0 Å². The largest absolute Gasteiger partial charge is 0.389 e. The molecule has 1 N–H and O–H groups in total. The second kappa shape index (κ2) is 9.51. The molecule has 1 aromatic carbocycles. The zero-order valence-corrected chi connectivity index (χ0v) is 17.4. The van der Waals surface area contributed by atoms with E-state index in [1.165, 1.54) is 12.0 Å². The number of ether oxygens (including phenoxy) is 1. The highest BCUT2D eigenvalue weighted by Crippen LogP contribution is 2.39. The van der Waals surface area contributed by atoms with Gasteiger partial charge in [-0.2, -0.15) is 0 Å². The fraction of sp³-hybridized carbons (Fsp3) is 0.739. The lowest BCUT2D eigenvalue weighted by molar-refractivity contribution is -0.0634. The Morgan fingerprint density at radius 1 is 1.07 bits per heavy atom.